The minimum absolute atomic E-state index is 0.00362. The largest absolute Gasteiger partial charge is 0.435 e. The molecule has 1 heterocycles. The minimum atomic E-state index is -6.66. The topological polar surface area (TPSA) is 21.3 Å². The van der Waals surface area contributed by atoms with Crippen molar-refractivity contribution in [2.45, 2.75) is 30.6 Å². The highest BCUT2D eigenvalue weighted by Crippen LogP contribution is 2.55. The Morgan fingerprint density at radius 3 is 1.60 bits per heavy atom. The van der Waals surface area contributed by atoms with Gasteiger partial charge in [-0.15, -0.1) is 0 Å². The zero-order valence-electron chi connectivity index (χ0n) is 9.72. The van der Waals surface area contributed by atoms with Gasteiger partial charge in [0.1, 0.15) is 0 Å². The molecule has 0 amide bonds. The Kier molecular flexibility index (Phi) is 4.55. The van der Waals surface area contributed by atoms with E-state index in [9.17, 15) is 39.5 Å². The van der Waals surface area contributed by atoms with E-state index in [0.29, 0.717) is 6.54 Å². The Bertz CT molecular complexity index is 290. The van der Waals surface area contributed by atoms with Gasteiger partial charge in [0.2, 0.25) is 0 Å². The summed E-state index contributed by atoms with van der Waals surface area (Å²) in [5, 5.41) is 2.60. The Morgan fingerprint density at radius 2 is 1.30 bits per heavy atom. The van der Waals surface area contributed by atoms with E-state index in [-0.39, 0.29) is 13.0 Å². The molecule has 1 fully saturated rings. The van der Waals surface area contributed by atoms with Gasteiger partial charge in [0.15, 0.2) is 0 Å². The molecule has 0 aromatic heterocycles. The van der Waals surface area contributed by atoms with Crippen LogP contribution in [0, 0.1) is 5.92 Å². The van der Waals surface area contributed by atoms with Crippen molar-refractivity contribution >= 4 is 0 Å². The smallest absolute Gasteiger partial charge is 0.351 e. The van der Waals surface area contributed by atoms with E-state index >= 15 is 0 Å². The van der Waals surface area contributed by atoms with Crippen LogP contribution in [0.2, 0.25) is 0 Å². The van der Waals surface area contributed by atoms with Crippen LogP contribution in [0.1, 0.15) is 6.42 Å². The molecule has 1 rings (SSSR count). The van der Waals surface area contributed by atoms with Gasteiger partial charge in [0.05, 0.1) is 6.61 Å². The second-order valence-electron chi connectivity index (χ2n) is 4.34. The molecule has 1 aliphatic rings. The summed E-state index contributed by atoms with van der Waals surface area (Å²) in [5.74, 6) is -0.832. The van der Waals surface area contributed by atoms with E-state index in [0.717, 1.165) is 0 Å². The molecule has 0 spiro atoms. The van der Waals surface area contributed by atoms with Crippen molar-refractivity contribution < 1.29 is 44.3 Å². The fraction of sp³-hybridized carbons (Fsp3) is 1.00. The van der Waals surface area contributed by atoms with E-state index in [2.05, 4.69) is 10.1 Å². The van der Waals surface area contributed by atoms with Crippen LogP contribution in [0.4, 0.5) is 39.5 Å². The van der Waals surface area contributed by atoms with Crippen molar-refractivity contribution in [2.75, 3.05) is 19.7 Å². The molecule has 0 bridgehead atoms. The number of hydrogen-bond acceptors (Lipinski definition) is 2. The predicted molar refractivity (Wildman–Crippen MR) is 47.8 cm³/mol. The highest BCUT2D eigenvalue weighted by atomic mass is 19.4. The average Bonchev–Trinajstić information content (AvgIpc) is 2.63. The van der Waals surface area contributed by atoms with Gasteiger partial charge in [-0.25, -0.2) is 0 Å². The van der Waals surface area contributed by atoms with Gasteiger partial charge >= 0.3 is 24.1 Å². The molecule has 120 valence electrons. The third kappa shape index (κ3) is 2.97. The van der Waals surface area contributed by atoms with E-state index in [4.69, 9.17) is 0 Å². The van der Waals surface area contributed by atoms with Gasteiger partial charge in [-0.3, -0.25) is 0 Å². The number of rotatable bonds is 3. The first-order chi connectivity index (χ1) is 8.83. The summed E-state index contributed by atoms with van der Waals surface area (Å²) in [7, 11) is 0. The lowest BCUT2D eigenvalue weighted by atomic mass is 10.0. The maximum atomic E-state index is 12.5. The van der Waals surface area contributed by atoms with Crippen LogP contribution < -0.4 is 5.32 Å². The minimum Gasteiger partial charge on any atom is -0.351 e. The van der Waals surface area contributed by atoms with Gasteiger partial charge in [0, 0.05) is 6.54 Å². The second-order valence-corrected chi connectivity index (χ2v) is 4.34. The maximum absolute atomic E-state index is 12.5. The van der Waals surface area contributed by atoms with Gasteiger partial charge in [-0.2, -0.15) is 39.5 Å². The molecule has 11 heteroatoms. The van der Waals surface area contributed by atoms with Crippen LogP contribution in [0.25, 0.3) is 0 Å². The predicted octanol–water partition coefficient (Wildman–Crippen LogP) is 3.04. The normalized spacial score (nSPS) is 22.4. The van der Waals surface area contributed by atoms with E-state index in [1.807, 2.05) is 0 Å². The van der Waals surface area contributed by atoms with Gasteiger partial charge < -0.3 is 10.1 Å². The number of halogens is 9. The number of nitrogens with one attached hydrogen (secondary N) is 1. The van der Waals surface area contributed by atoms with Crippen molar-refractivity contribution in [1.29, 1.82) is 0 Å². The van der Waals surface area contributed by atoms with E-state index in [1.54, 1.807) is 0 Å². The van der Waals surface area contributed by atoms with Crippen LogP contribution in [-0.2, 0) is 4.74 Å². The van der Waals surface area contributed by atoms with Crippen molar-refractivity contribution in [3.8, 4) is 0 Å². The van der Waals surface area contributed by atoms with Gasteiger partial charge in [-0.1, -0.05) is 0 Å². The van der Waals surface area contributed by atoms with Crippen LogP contribution in [0.15, 0.2) is 0 Å². The highest BCUT2D eigenvalue weighted by molar-refractivity contribution is 5.02. The SMILES string of the molecule is FC(F)(F)C(OC[C@H]1CCNC1)(C(F)(F)F)C(F)(F)F. The average molecular weight is 319 g/mol. The molecule has 2 nitrogen and oxygen atoms in total. The van der Waals surface area contributed by atoms with Gasteiger partial charge in [0.25, 0.3) is 0 Å². The molecule has 0 aliphatic carbocycles. The fourth-order valence-electron chi connectivity index (χ4n) is 1.83. The summed E-state index contributed by atoms with van der Waals surface area (Å²) < 4.78 is 116. The lowest BCUT2D eigenvalue weighted by Gasteiger charge is -2.38. The fourth-order valence-corrected chi connectivity index (χ4v) is 1.83. The molecule has 0 aromatic carbocycles. The zero-order valence-corrected chi connectivity index (χ0v) is 9.72. The summed E-state index contributed by atoms with van der Waals surface area (Å²) in [6.45, 7) is -0.986. The summed E-state index contributed by atoms with van der Waals surface area (Å²) in [6, 6.07) is 0. The third-order valence-electron chi connectivity index (χ3n) is 2.90. The van der Waals surface area contributed by atoms with E-state index in [1.165, 1.54) is 0 Å². The molecule has 1 atom stereocenters. The van der Waals surface area contributed by atoms with Crippen LogP contribution in [0.5, 0.6) is 0 Å². The van der Waals surface area contributed by atoms with Gasteiger partial charge in [-0.05, 0) is 18.9 Å². The lowest BCUT2D eigenvalue weighted by Crippen LogP contribution is -2.68. The zero-order chi connectivity index (χ0) is 15.8. The molecule has 0 aromatic rings. The first-order valence-corrected chi connectivity index (χ1v) is 5.38. The second kappa shape index (κ2) is 5.24. The lowest BCUT2D eigenvalue weighted by molar-refractivity contribution is -0.458. The molecular weight excluding hydrogens is 309 g/mol. The first kappa shape index (κ1) is 17.3. The summed E-state index contributed by atoms with van der Waals surface area (Å²) in [6.07, 6.45) is -19.8. The molecule has 1 aliphatic heterocycles. The highest BCUT2D eigenvalue weighted by Gasteiger charge is 2.85. The van der Waals surface area contributed by atoms with Crippen molar-refractivity contribution in [3.05, 3.63) is 0 Å². The number of ether oxygens (including phenoxy) is 1. The molecule has 0 radical (unpaired) electrons. The van der Waals surface area contributed by atoms with Crippen LogP contribution in [-0.4, -0.2) is 43.8 Å². The quantitative estimate of drug-likeness (QED) is 0.808. The Morgan fingerprint density at radius 1 is 0.850 bits per heavy atom. The summed E-state index contributed by atoms with van der Waals surface area (Å²) >= 11 is 0. The Labute approximate surface area is 107 Å². The van der Waals surface area contributed by atoms with Crippen LogP contribution >= 0.6 is 0 Å². The summed E-state index contributed by atoms with van der Waals surface area (Å²) in [5.41, 5.74) is -6.16. The number of hydrogen-bond donors (Lipinski definition) is 1. The molecule has 1 saturated heterocycles. The van der Waals surface area contributed by atoms with Crippen LogP contribution in [0.3, 0.4) is 0 Å². The Hall–Kier alpha value is -0.710. The molecular formula is C9H10F9NO. The van der Waals surface area contributed by atoms with Crippen molar-refractivity contribution in [2.24, 2.45) is 5.92 Å². The van der Waals surface area contributed by atoms with Crippen molar-refractivity contribution in [3.63, 3.8) is 0 Å². The molecule has 1 N–H and O–H groups in total. The standard InChI is InChI=1S/C9H10F9NO/c10-7(11,12)6(8(13,14)15,9(16,17)18)20-4-5-1-2-19-3-5/h5,19H,1-4H2/t5-/m0/s1. The molecule has 20 heavy (non-hydrogen) atoms. The Balaban J connectivity index is 3.10. The maximum Gasteiger partial charge on any atom is 0.435 e. The number of alkyl halides is 9. The van der Waals surface area contributed by atoms with E-state index < -0.39 is 36.7 Å². The molecule has 0 saturated carbocycles. The molecule has 0 unspecified atom stereocenters. The summed E-state index contributed by atoms with van der Waals surface area (Å²) in [4.78, 5) is 0. The monoisotopic (exact) mass is 319 g/mol. The first-order valence-electron chi connectivity index (χ1n) is 5.38. The third-order valence-corrected chi connectivity index (χ3v) is 2.90. The van der Waals surface area contributed by atoms with Crippen molar-refractivity contribution in [1.82, 2.24) is 5.32 Å².